The third kappa shape index (κ3) is 4.24. The van der Waals surface area contributed by atoms with Gasteiger partial charge in [-0.3, -0.25) is 4.99 Å². The summed E-state index contributed by atoms with van der Waals surface area (Å²) in [6.45, 7) is 5.02. The van der Waals surface area contributed by atoms with Gasteiger partial charge in [0.25, 0.3) is 0 Å². The maximum Gasteiger partial charge on any atom is 0.193 e. The SMILES string of the molecule is CN=C(NC1CC1C)N1CCN(c2cc(F)ccc2F)CC1.I. The highest BCUT2D eigenvalue weighted by atomic mass is 127. The third-order valence-corrected chi connectivity index (χ3v) is 4.46. The molecule has 1 saturated carbocycles. The van der Waals surface area contributed by atoms with Crippen LogP contribution in [-0.2, 0) is 0 Å². The first-order valence-corrected chi connectivity index (χ1v) is 7.76. The van der Waals surface area contributed by atoms with Crippen molar-refractivity contribution in [2.24, 2.45) is 10.9 Å². The first-order chi connectivity index (χ1) is 10.6. The van der Waals surface area contributed by atoms with Crippen molar-refractivity contribution >= 4 is 35.6 Å². The summed E-state index contributed by atoms with van der Waals surface area (Å²) >= 11 is 0. The molecule has 4 nitrogen and oxygen atoms in total. The summed E-state index contributed by atoms with van der Waals surface area (Å²) in [5.74, 6) is 0.844. The minimum absolute atomic E-state index is 0. The molecule has 0 aromatic heterocycles. The van der Waals surface area contributed by atoms with E-state index in [1.54, 1.807) is 7.05 Å². The maximum atomic E-state index is 13.8. The minimum Gasteiger partial charge on any atom is -0.366 e. The van der Waals surface area contributed by atoms with Crippen LogP contribution in [0.3, 0.4) is 0 Å². The van der Waals surface area contributed by atoms with Crippen molar-refractivity contribution in [3.8, 4) is 0 Å². The number of aliphatic imine (C=N–C) groups is 1. The van der Waals surface area contributed by atoms with Crippen LogP contribution < -0.4 is 10.2 Å². The fourth-order valence-electron chi connectivity index (χ4n) is 2.87. The lowest BCUT2D eigenvalue weighted by atomic mass is 10.2. The number of benzene rings is 1. The zero-order valence-corrected chi connectivity index (χ0v) is 15.8. The fourth-order valence-corrected chi connectivity index (χ4v) is 2.87. The van der Waals surface area contributed by atoms with E-state index in [9.17, 15) is 8.78 Å². The Hall–Kier alpha value is -1.12. The van der Waals surface area contributed by atoms with E-state index >= 15 is 0 Å². The van der Waals surface area contributed by atoms with Gasteiger partial charge in [0.05, 0.1) is 5.69 Å². The number of hydrogen-bond acceptors (Lipinski definition) is 2. The summed E-state index contributed by atoms with van der Waals surface area (Å²) in [4.78, 5) is 8.40. The number of hydrogen-bond donors (Lipinski definition) is 1. The molecule has 7 heteroatoms. The average molecular weight is 436 g/mol. The van der Waals surface area contributed by atoms with E-state index in [1.165, 1.54) is 18.6 Å². The second kappa shape index (κ2) is 7.63. The second-order valence-corrected chi connectivity index (χ2v) is 6.08. The summed E-state index contributed by atoms with van der Waals surface area (Å²) < 4.78 is 27.2. The predicted octanol–water partition coefficient (Wildman–Crippen LogP) is 2.69. The van der Waals surface area contributed by atoms with Crippen molar-refractivity contribution in [2.75, 3.05) is 38.1 Å². The van der Waals surface area contributed by atoms with E-state index in [2.05, 4.69) is 22.1 Å². The van der Waals surface area contributed by atoms with Gasteiger partial charge in [0, 0.05) is 45.3 Å². The highest BCUT2D eigenvalue weighted by Crippen LogP contribution is 2.29. The first-order valence-electron chi connectivity index (χ1n) is 7.76. The molecule has 1 saturated heterocycles. The third-order valence-electron chi connectivity index (χ3n) is 4.46. The predicted molar refractivity (Wildman–Crippen MR) is 99.6 cm³/mol. The number of nitrogens with one attached hydrogen (secondary N) is 1. The van der Waals surface area contributed by atoms with Gasteiger partial charge in [-0.1, -0.05) is 6.92 Å². The number of piperazine rings is 1. The Balaban J connectivity index is 0.00000192. The summed E-state index contributed by atoms with van der Waals surface area (Å²) in [5.41, 5.74) is 0.346. The van der Waals surface area contributed by atoms with E-state index in [0.29, 0.717) is 30.7 Å². The van der Waals surface area contributed by atoms with Gasteiger partial charge in [0.15, 0.2) is 5.96 Å². The molecule has 128 valence electrons. The molecule has 1 aliphatic carbocycles. The van der Waals surface area contributed by atoms with Gasteiger partial charge in [-0.15, -0.1) is 24.0 Å². The van der Waals surface area contributed by atoms with Crippen molar-refractivity contribution in [2.45, 2.75) is 19.4 Å². The number of nitrogens with zero attached hydrogens (tertiary/aromatic N) is 3. The molecule has 23 heavy (non-hydrogen) atoms. The zero-order chi connectivity index (χ0) is 15.7. The Morgan fingerprint density at radius 1 is 1.22 bits per heavy atom. The van der Waals surface area contributed by atoms with Gasteiger partial charge >= 0.3 is 0 Å². The van der Waals surface area contributed by atoms with Gasteiger partial charge in [-0.2, -0.15) is 0 Å². The molecule has 1 heterocycles. The molecule has 1 aliphatic heterocycles. The van der Waals surface area contributed by atoms with Crippen LogP contribution >= 0.6 is 24.0 Å². The van der Waals surface area contributed by atoms with Crippen molar-refractivity contribution in [3.05, 3.63) is 29.8 Å². The molecule has 1 N–H and O–H groups in total. The molecule has 0 spiro atoms. The molecule has 0 amide bonds. The topological polar surface area (TPSA) is 30.9 Å². The van der Waals surface area contributed by atoms with Crippen molar-refractivity contribution < 1.29 is 8.78 Å². The highest BCUT2D eigenvalue weighted by Gasteiger charge is 2.34. The fraction of sp³-hybridized carbons (Fsp3) is 0.562. The quantitative estimate of drug-likeness (QED) is 0.440. The van der Waals surface area contributed by atoms with Crippen molar-refractivity contribution in [1.29, 1.82) is 0 Å². The number of halogens is 3. The molecule has 1 aromatic carbocycles. The molecule has 2 atom stereocenters. The molecule has 2 unspecified atom stereocenters. The molecule has 2 aliphatic rings. The van der Waals surface area contributed by atoms with Crippen LogP contribution in [0, 0.1) is 17.6 Å². The molecule has 1 aromatic rings. The zero-order valence-electron chi connectivity index (χ0n) is 13.4. The van der Waals surface area contributed by atoms with Crippen LogP contribution in [0.25, 0.3) is 0 Å². The van der Waals surface area contributed by atoms with Gasteiger partial charge in [-0.05, 0) is 24.5 Å². The van der Waals surface area contributed by atoms with Crippen molar-refractivity contribution in [1.82, 2.24) is 10.2 Å². The van der Waals surface area contributed by atoms with Crippen LogP contribution in [-0.4, -0.2) is 50.1 Å². The van der Waals surface area contributed by atoms with Gasteiger partial charge in [0.1, 0.15) is 11.6 Å². The van der Waals surface area contributed by atoms with Gasteiger partial charge < -0.3 is 15.1 Å². The Labute approximate surface area is 153 Å². The van der Waals surface area contributed by atoms with Crippen LogP contribution in [0.5, 0.6) is 0 Å². The lowest BCUT2D eigenvalue weighted by Crippen LogP contribution is -2.53. The maximum absolute atomic E-state index is 13.8. The van der Waals surface area contributed by atoms with Crippen LogP contribution in [0.4, 0.5) is 14.5 Å². The highest BCUT2D eigenvalue weighted by molar-refractivity contribution is 14.0. The molecule has 3 rings (SSSR count). The van der Waals surface area contributed by atoms with Gasteiger partial charge in [-0.25, -0.2) is 8.78 Å². The molecular formula is C16H23F2IN4. The monoisotopic (exact) mass is 436 g/mol. The molecule has 0 radical (unpaired) electrons. The van der Waals surface area contributed by atoms with Crippen LogP contribution in [0.2, 0.25) is 0 Å². The average Bonchev–Trinajstić information content (AvgIpc) is 3.23. The normalized spacial score (nSPS) is 24.3. The number of guanidine groups is 1. The molecule has 2 fully saturated rings. The standard InChI is InChI=1S/C16H22F2N4.HI/c1-11-9-14(11)20-16(19-2)22-7-5-21(6-8-22)15-10-12(17)3-4-13(15)18;/h3-4,10-11,14H,5-9H2,1-2H3,(H,19,20);1H. The Morgan fingerprint density at radius 3 is 2.43 bits per heavy atom. The van der Waals surface area contributed by atoms with Crippen LogP contribution in [0.1, 0.15) is 13.3 Å². The van der Waals surface area contributed by atoms with E-state index < -0.39 is 5.82 Å². The lowest BCUT2D eigenvalue weighted by Gasteiger charge is -2.37. The summed E-state index contributed by atoms with van der Waals surface area (Å²) in [7, 11) is 1.79. The number of rotatable bonds is 2. The Kier molecular flexibility index (Phi) is 6.05. The smallest absolute Gasteiger partial charge is 0.193 e. The van der Waals surface area contributed by atoms with E-state index in [0.717, 1.165) is 25.1 Å². The summed E-state index contributed by atoms with van der Waals surface area (Å²) in [5, 5.41) is 3.46. The van der Waals surface area contributed by atoms with Crippen molar-refractivity contribution in [3.63, 3.8) is 0 Å². The second-order valence-electron chi connectivity index (χ2n) is 6.08. The van der Waals surface area contributed by atoms with Gasteiger partial charge in [0.2, 0.25) is 0 Å². The largest absolute Gasteiger partial charge is 0.366 e. The van der Waals surface area contributed by atoms with Crippen LogP contribution in [0.15, 0.2) is 23.2 Å². The summed E-state index contributed by atoms with van der Waals surface area (Å²) in [6, 6.07) is 4.13. The Bertz CT molecular complexity index is 573. The Morgan fingerprint density at radius 2 is 1.87 bits per heavy atom. The molecular weight excluding hydrogens is 413 g/mol. The van der Waals surface area contributed by atoms with E-state index in [-0.39, 0.29) is 29.8 Å². The first kappa shape index (κ1) is 18.2. The number of anilines is 1. The minimum atomic E-state index is -0.404. The lowest BCUT2D eigenvalue weighted by molar-refractivity contribution is 0.369. The van der Waals surface area contributed by atoms with E-state index in [4.69, 9.17) is 0 Å². The van der Waals surface area contributed by atoms with E-state index in [1.807, 2.05) is 4.90 Å². The molecule has 0 bridgehead atoms. The summed E-state index contributed by atoms with van der Waals surface area (Å²) in [6.07, 6.45) is 1.19.